The van der Waals surface area contributed by atoms with Crippen LogP contribution in [0.15, 0.2) is 65.7 Å². The number of nitrogens with zero attached hydrogens (tertiary/aromatic N) is 3. The lowest BCUT2D eigenvalue weighted by atomic mass is 10.0. The first-order valence-electron chi connectivity index (χ1n) is 8.72. The average Bonchev–Trinajstić information content (AvgIpc) is 2.69. The van der Waals surface area contributed by atoms with Gasteiger partial charge in [0.25, 0.3) is 0 Å². The Hall–Kier alpha value is -2.57. The fraction of sp³-hybridized carbons (Fsp3) is 0.200. The van der Waals surface area contributed by atoms with E-state index in [1.165, 1.54) is 11.3 Å². The molecule has 6 heteroatoms. The molecule has 3 aromatic rings. The number of para-hydroxylation sites is 1. The summed E-state index contributed by atoms with van der Waals surface area (Å²) in [6.45, 7) is 0.976. The summed E-state index contributed by atoms with van der Waals surface area (Å²) in [4.78, 5) is 12.6. The summed E-state index contributed by atoms with van der Waals surface area (Å²) in [6.07, 6.45) is 4.07. The maximum atomic E-state index is 4.74. The predicted octanol–water partition coefficient (Wildman–Crippen LogP) is 4.53. The van der Waals surface area contributed by atoms with Gasteiger partial charge in [0.05, 0.1) is 0 Å². The highest BCUT2D eigenvalue weighted by atomic mass is 32.2. The Morgan fingerprint density at radius 3 is 2.73 bits per heavy atom. The van der Waals surface area contributed by atoms with E-state index in [-0.39, 0.29) is 0 Å². The summed E-state index contributed by atoms with van der Waals surface area (Å²) >= 11 is 1.59. The molecule has 1 aliphatic heterocycles. The third-order valence-corrected chi connectivity index (χ3v) is 5.07. The second kappa shape index (κ2) is 7.76. The fourth-order valence-electron chi connectivity index (χ4n) is 3.18. The molecule has 1 aromatic heterocycles. The Morgan fingerprint density at radius 1 is 1.04 bits per heavy atom. The summed E-state index contributed by atoms with van der Waals surface area (Å²) in [5.41, 5.74) is 3.60. The van der Waals surface area contributed by atoms with Gasteiger partial charge in [-0.2, -0.15) is 4.98 Å². The van der Waals surface area contributed by atoms with Gasteiger partial charge in [-0.1, -0.05) is 18.2 Å². The van der Waals surface area contributed by atoms with Crippen LogP contribution in [0.25, 0.3) is 0 Å². The molecule has 26 heavy (non-hydrogen) atoms. The minimum atomic E-state index is 0.611. The molecule has 2 aromatic carbocycles. The van der Waals surface area contributed by atoms with Gasteiger partial charge >= 0.3 is 0 Å². The summed E-state index contributed by atoms with van der Waals surface area (Å²) < 4.78 is 3.07. The number of hydrogen-bond acceptors (Lipinski definition) is 6. The van der Waals surface area contributed by atoms with Crippen molar-refractivity contribution in [3.63, 3.8) is 0 Å². The molecular formula is C20H21N5S. The van der Waals surface area contributed by atoms with Gasteiger partial charge in [-0.15, -0.1) is 0 Å². The largest absolute Gasteiger partial charge is 0.326 e. The summed E-state index contributed by atoms with van der Waals surface area (Å²) in [5, 5.41) is 3.30. The highest BCUT2D eigenvalue weighted by Gasteiger charge is 2.19. The van der Waals surface area contributed by atoms with Crippen LogP contribution < -0.4 is 14.9 Å². The zero-order chi connectivity index (χ0) is 17.8. The molecule has 4 rings (SSSR count). The van der Waals surface area contributed by atoms with Crippen molar-refractivity contribution in [1.29, 1.82) is 0 Å². The van der Waals surface area contributed by atoms with Crippen LogP contribution in [0, 0.1) is 0 Å². The van der Waals surface area contributed by atoms with Crippen molar-refractivity contribution in [1.82, 2.24) is 14.7 Å². The molecule has 0 aliphatic carbocycles. The Bertz CT molecular complexity index is 881. The first-order chi connectivity index (χ1) is 12.8. The van der Waals surface area contributed by atoms with Gasteiger partial charge in [0.2, 0.25) is 5.95 Å². The van der Waals surface area contributed by atoms with Crippen LogP contribution in [-0.2, 0) is 6.42 Å². The maximum Gasteiger partial charge on any atom is 0.229 e. The fourth-order valence-corrected chi connectivity index (χ4v) is 3.69. The van der Waals surface area contributed by atoms with E-state index in [1.54, 1.807) is 11.9 Å². The predicted molar refractivity (Wildman–Crippen MR) is 108 cm³/mol. The maximum absolute atomic E-state index is 4.74. The molecule has 0 radical (unpaired) electrons. The van der Waals surface area contributed by atoms with E-state index in [0.29, 0.717) is 5.95 Å². The quantitative estimate of drug-likeness (QED) is 0.650. The first-order valence-corrected chi connectivity index (χ1v) is 9.54. The highest BCUT2D eigenvalue weighted by Crippen LogP contribution is 2.32. The van der Waals surface area contributed by atoms with Crippen LogP contribution in [0.3, 0.4) is 0 Å². The Kier molecular flexibility index (Phi) is 5.04. The van der Waals surface area contributed by atoms with E-state index in [4.69, 9.17) is 4.98 Å². The zero-order valence-electron chi connectivity index (χ0n) is 14.6. The molecule has 0 bridgehead atoms. The topological polar surface area (TPSA) is 53.1 Å². The number of nitrogens with one attached hydrogen (secondary N) is 2. The van der Waals surface area contributed by atoms with Crippen LogP contribution in [0.5, 0.6) is 0 Å². The molecule has 2 heterocycles. The lowest BCUT2D eigenvalue weighted by molar-refractivity contribution is 0.759. The van der Waals surface area contributed by atoms with Crippen LogP contribution >= 0.6 is 11.9 Å². The van der Waals surface area contributed by atoms with Gasteiger partial charge in [0, 0.05) is 29.0 Å². The molecule has 0 saturated carbocycles. The number of aromatic nitrogens is 2. The van der Waals surface area contributed by atoms with Crippen LogP contribution in [0.4, 0.5) is 23.1 Å². The van der Waals surface area contributed by atoms with E-state index < -0.39 is 0 Å². The minimum absolute atomic E-state index is 0.611. The molecule has 132 valence electrons. The summed E-state index contributed by atoms with van der Waals surface area (Å²) in [7, 11) is 1.91. The SMILES string of the molecule is CNSc1ccc(Nc2nccc(N3CCCc4ccccc43)n2)cc1. The van der Waals surface area contributed by atoms with Crippen molar-refractivity contribution >= 4 is 35.1 Å². The number of fused-ring (bicyclic) bond motifs is 1. The summed E-state index contributed by atoms with van der Waals surface area (Å²) in [6, 6.07) is 18.7. The monoisotopic (exact) mass is 363 g/mol. The number of anilines is 4. The van der Waals surface area contributed by atoms with E-state index in [9.17, 15) is 0 Å². The van der Waals surface area contributed by atoms with E-state index in [2.05, 4.69) is 56.3 Å². The lowest BCUT2D eigenvalue weighted by Gasteiger charge is -2.30. The lowest BCUT2D eigenvalue weighted by Crippen LogP contribution is -2.25. The minimum Gasteiger partial charge on any atom is -0.326 e. The van der Waals surface area contributed by atoms with Crippen molar-refractivity contribution in [2.45, 2.75) is 17.7 Å². The average molecular weight is 363 g/mol. The number of aryl methyl sites for hydroxylation is 1. The molecule has 0 unspecified atom stereocenters. The van der Waals surface area contributed by atoms with Gasteiger partial charge in [-0.3, -0.25) is 4.72 Å². The molecule has 1 aliphatic rings. The first kappa shape index (κ1) is 16.9. The zero-order valence-corrected chi connectivity index (χ0v) is 15.5. The van der Waals surface area contributed by atoms with E-state index in [0.717, 1.165) is 35.8 Å². The number of hydrogen-bond donors (Lipinski definition) is 2. The Morgan fingerprint density at radius 2 is 1.88 bits per heavy atom. The molecule has 0 fully saturated rings. The van der Waals surface area contributed by atoms with E-state index in [1.807, 2.05) is 31.4 Å². The molecule has 5 nitrogen and oxygen atoms in total. The third-order valence-electron chi connectivity index (χ3n) is 4.36. The summed E-state index contributed by atoms with van der Waals surface area (Å²) in [5.74, 6) is 1.54. The van der Waals surface area contributed by atoms with Crippen LogP contribution in [-0.4, -0.2) is 23.6 Å². The van der Waals surface area contributed by atoms with Crippen molar-refractivity contribution in [3.05, 3.63) is 66.4 Å². The Labute approximate surface area is 158 Å². The van der Waals surface area contributed by atoms with E-state index >= 15 is 0 Å². The molecule has 0 amide bonds. The van der Waals surface area contributed by atoms with Gasteiger partial charge in [0.1, 0.15) is 5.82 Å². The van der Waals surface area contributed by atoms with Crippen molar-refractivity contribution in [2.24, 2.45) is 0 Å². The second-order valence-electron chi connectivity index (χ2n) is 6.08. The molecule has 0 spiro atoms. The third kappa shape index (κ3) is 3.66. The molecular weight excluding hydrogens is 342 g/mol. The van der Waals surface area contributed by atoms with Gasteiger partial charge < -0.3 is 10.2 Å². The van der Waals surface area contributed by atoms with Crippen molar-refractivity contribution < 1.29 is 0 Å². The van der Waals surface area contributed by atoms with Crippen LogP contribution in [0.2, 0.25) is 0 Å². The van der Waals surface area contributed by atoms with Gasteiger partial charge in [-0.05, 0) is 73.8 Å². The smallest absolute Gasteiger partial charge is 0.229 e. The number of benzene rings is 2. The highest BCUT2D eigenvalue weighted by molar-refractivity contribution is 7.97. The number of rotatable bonds is 5. The molecule has 2 N–H and O–H groups in total. The van der Waals surface area contributed by atoms with Crippen molar-refractivity contribution in [2.75, 3.05) is 23.8 Å². The molecule has 0 atom stereocenters. The van der Waals surface area contributed by atoms with Crippen molar-refractivity contribution in [3.8, 4) is 0 Å². The molecule has 0 saturated heterocycles. The second-order valence-corrected chi connectivity index (χ2v) is 7.16. The normalized spacial score (nSPS) is 13.3. The van der Waals surface area contributed by atoms with Crippen LogP contribution in [0.1, 0.15) is 12.0 Å². The van der Waals surface area contributed by atoms with Gasteiger partial charge in [0.15, 0.2) is 0 Å². The van der Waals surface area contributed by atoms with Gasteiger partial charge in [-0.25, -0.2) is 4.98 Å². The standard InChI is InChI=1S/C20H21N5S/c1-21-26-17-10-8-16(9-11-17)23-20-22-13-12-19(24-20)25-14-4-6-15-5-2-3-7-18(15)25/h2-3,5,7-13,21H,4,6,14H2,1H3,(H,22,23,24). The Balaban J connectivity index is 1.56.